The van der Waals surface area contributed by atoms with Gasteiger partial charge in [0.2, 0.25) is 15.6 Å². The molecule has 2 N–H and O–H groups in total. The van der Waals surface area contributed by atoms with Gasteiger partial charge in [-0.3, -0.25) is 0 Å². The van der Waals surface area contributed by atoms with Crippen molar-refractivity contribution in [2.45, 2.75) is 56.2 Å². The minimum atomic E-state index is -4.65. The van der Waals surface area contributed by atoms with E-state index < -0.39 is 55.8 Å². The third-order valence-electron chi connectivity index (χ3n) is 8.16. The van der Waals surface area contributed by atoms with Crippen LogP contribution in [0.25, 0.3) is 0 Å². The average molecular weight is 624 g/mol. The van der Waals surface area contributed by atoms with Gasteiger partial charge in [0, 0.05) is 19.3 Å². The van der Waals surface area contributed by atoms with Crippen molar-refractivity contribution in [2.75, 3.05) is 24.1 Å². The molecule has 42 heavy (non-hydrogen) atoms. The zero-order valence-corrected chi connectivity index (χ0v) is 24.6. The Labute approximate surface area is 248 Å². The number of carbonyl (C=O) groups is 3. The van der Waals surface area contributed by atoms with E-state index >= 15 is 0 Å². The third kappa shape index (κ3) is 5.62. The van der Waals surface area contributed by atoms with E-state index in [0.29, 0.717) is 18.4 Å². The van der Waals surface area contributed by atoms with Crippen molar-refractivity contribution in [1.29, 1.82) is 0 Å². The molecule has 0 bridgehead atoms. The number of amides is 1. The van der Waals surface area contributed by atoms with Crippen LogP contribution < -0.4 is 4.31 Å². The fraction of sp³-hybridized carbons (Fsp3) is 0.414. The van der Waals surface area contributed by atoms with Crippen molar-refractivity contribution in [3.63, 3.8) is 0 Å². The molecule has 2 unspecified atom stereocenters. The van der Waals surface area contributed by atoms with Gasteiger partial charge < -0.3 is 14.9 Å². The highest BCUT2D eigenvalue weighted by molar-refractivity contribution is 7.93. The summed E-state index contributed by atoms with van der Waals surface area (Å²) >= 11 is 6.37. The smallest absolute Gasteiger partial charge is 0.477 e. The van der Waals surface area contributed by atoms with Crippen molar-refractivity contribution < 1.29 is 46.6 Å². The number of esters is 1. The van der Waals surface area contributed by atoms with E-state index in [-0.39, 0.29) is 55.1 Å². The van der Waals surface area contributed by atoms with Gasteiger partial charge in [0.15, 0.2) is 6.67 Å². The van der Waals surface area contributed by atoms with Crippen molar-refractivity contribution in [3.8, 4) is 0 Å². The summed E-state index contributed by atoms with van der Waals surface area (Å²) in [6.45, 7) is 0.553. The second kappa shape index (κ2) is 12.4. The summed E-state index contributed by atoms with van der Waals surface area (Å²) < 4.78 is 47.8. The Hall–Kier alpha value is -3.48. The van der Waals surface area contributed by atoms with Crippen LogP contribution in [0.1, 0.15) is 44.6 Å². The number of allylic oxidation sites excluding steroid dienone is 1. The Morgan fingerprint density at radius 2 is 1.86 bits per heavy atom. The molecule has 2 aliphatic rings. The minimum Gasteiger partial charge on any atom is -0.477 e. The summed E-state index contributed by atoms with van der Waals surface area (Å²) in [4.78, 5) is 39.1. The first-order valence-corrected chi connectivity index (χ1v) is 15.5. The van der Waals surface area contributed by atoms with Crippen LogP contribution in [0.4, 0.5) is 14.9 Å². The maximum atomic E-state index is 14.5. The Morgan fingerprint density at radius 3 is 2.48 bits per heavy atom. The van der Waals surface area contributed by atoms with Crippen LogP contribution in [0.15, 0.2) is 60.2 Å². The van der Waals surface area contributed by atoms with Gasteiger partial charge in [-0.15, -0.1) is 0 Å². The molecule has 2 aromatic carbocycles. The summed E-state index contributed by atoms with van der Waals surface area (Å²) in [6.07, 6.45) is 0.813. The second-order valence-electron chi connectivity index (χ2n) is 10.5. The number of hydrogen-bond acceptors (Lipinski definition) is 6. The Balaban J connectivity index is 1.91. The van der Waals surface area contributed by atoms with Crippen LogP contribution in [-0.2, 0) is 30.8 Å². The first-order valence-electron chi connectivity index (χ1n) is 13.6. The number of hydrogen-bond donors (Lipinski definition) is 2. The molecule has 1 heterocycles. The topological polar surface area (TPSA) is 138 Å². The van der Waals surface area contributed by atoms with Crippen LogP contribution >= 0.6 is 11.6 Å². The normalized spacial score (nSPS) is 24.1. The minimum absolute atomic E-state index is 0.01000. The number of nitrogens with zero attached hydrogens (tertiary/aromatic N) is 2. The van der Waals surface area contributed by atoms with Gasteiger partial charge in [-0.1, -0.05) is 48.0 Å². The molecule has 4 rings (SSSR count). The van der Waals surface area contributed by atoms with Gasteiger partial charge >= 0.3 is 18.0 Å². The number of anilines is 1. The molecule has 0 saturated carbocycles. The van der Waals surface area contributed by atoms with Gasteiger partial charge in [0.25, 0.3) is 0 Å². The van der Waals surface area contributed by atoms with Gasteiger partial charge in [-0.25, -0.2) is 26.7 Å². The highest BCUT2D eigenvalue weighted by Crippen LogP contribution is 2.44. The highest BCUT2D eigenvalue weighted by atomic mass is 35.5. The molecule has 1 amide bonds. The van der Waals surface area contributed by atoms with Gasteiger partial charge in [0.05, 0.1) is 29.4 Å². The number of likely N-dealkylation sites (tertiary alicyclic amines) is 1. The predicted molar refractivity (Wildman–Crippen MR) is 153 cm³/mol. The maximum absolute atomic E-state index is 14.5. The number of benzene rings is 2. The van der Waals surface area contributed by atoms with Crippen molar-refractivity contribution in [3.05, 3.63) is 76.6 Å². The first kappa shape index (κ1) is 31.5. The summed E-state index contributed by atoms with van der Waals surface area (Å²) in [6, 6.07) is 11.5. The number of carboxylic acid groups (broad SMARTS) is 2. The molecule has 226 valence electrons. The van der Waals surface area contributed by atoms with Crippen LogP contribution in [0.5, 0.6) is 0 Å². The van der Waals surface area contributed by atoms with Gasteiger partial charge in [0.1, 0.15) is 11.1 Å². The Morgan fingerprint density at radius 1 is 1.14 bits per heavy atom. The molecule has 2 aromatic rings. The molecule has 0 radical (unpaired) electrons. The van der Waals surface area contributed by atoms with E-state index in [1.165, 1.54) is 6.08 Å². The Bertz CT molecular complexity index is 1500. The molecule has 13 heteroatoms. The SMILES string of the molecule is CCOC(=O)C1=CCCCC1S(=O)(=O)N(C[N+]1(C(=O)O)CCC[C@@]1(Cc1ccccc1)C(=O)O)c1ccc(F)cc1Cl. The van der Waals surface area contributed by atoms with E-state index in [0.717, 1.165) is 22.5 Å². The van der Waals surface area contributed by atoms with E-state index in [4.69, 9.17) is 16.3 Å². The summed E-state index contributed by atoms with van der Waals surface area (Å²) in [5.41, 5.74) is -1.70. The molecular weight excluding hydrogens is 591 g/mol. The number of ether oxygens (including phenoxy) is 1. The molecular formula is C29H33ClFN2O8S+. The number of carboxylic acids is 1. The fourth-order valence-corrected chi connectivity index (χ4v) is 8.49. The summed E-state index contributed by atoms with van der Waals surface area (Å²) in [5.74, 6) is -2.96. The summed E-state index contributed by atoms with van der Waals surface area (Å²) in [5, 5.41) is 19.6. The molecule has 1 saturated heterocycles. The van der Waals surface area contributed by atoms with Crippen molar-refractivity contribution >= 4 is 45.3 Å². The molecule has 0 aromatic heterocycles. The van der Waals surface area contributed by atoms with Gasteiger partial charge in [-0.2, -0.15) is 9.28 Å². The van der Waals surface area contributed by atoms with Gasteiger partial charge in [-0.05, 0) is 49.9 Å². The monoisotopic (exact) mass is 623 g/mol. The lowest BCUT2D eigenvalue weighted by Crippen LogP contribution is -2.71. The number of halogens is 2. The lowest BCUT2D eigenvalue weighted by Gasteiger charge is -2.44. The van der Waals surface area contributed by atoms with E-state index in [1.807, 2.05) is 0 Å². The van der Waals surface area contributed by atoms with E-state index in [9.17, 15) is 37.4 Å². The number of rotatable bonds is 10. The molecule has 3 atom stereocenters. The number of quaternary nitrogens is 1. The van der Waals surface area contributed by atoms with Crippen LogP contribution in [0.2, 0.25) is 5.02 Å². The van der Waals surface area contributed by atoms with Crippen molar-refractivity contribution in [1.82, 2.24) is 0 Å². The largest absolute Gasteiger partial charge is 0.516 e. The maximum Gasteiger partial charge on any atom is 0.516 e. The van der Waals surface area contributed by atoms with E-state index in [1.54, 1.807) is 37.3 Å². The van der Waals surface area contributed by atoms with Crippen LogP contribution in [0.3, 0.4) is 0 Å². The zero-order chi connectivity index (χ0) is 30.7. The zero-order valence-electron chi connectivity index (χ0n) is 23.0. The number of sulfonamides is 1. The molecule has 1 fully saturated rings. The molecule has 1 aliphatic carbocycles. The molecule has 0 spiro atoms. The first-order chi connectivity index (χ1) is 19.9. The second-order valence-corrected chi connectivity index (χ2v) is 13.0. The highest BCUT2D eigenvalue weighted by Gasteiger charge is 2.66. The van der Waals surface area contributed by atoms with E-state index in [2.05, 4.69) is 0 Å². The third-order valence-corrected chi connectivity index (χ3v) is 10.6. The van der Waals surface area contributed by atoms with Crippen molar-refractivity contribution in [2.24, 2.45) is 0 Å². The lowest BCUT2D eigenvalue weighted by atomic mass is 9.86. The molecule has 10 nitrogen and oxygen atoms in total. The number of carbonyl (C=O) groups excluding carboxylic acids is 1. The number of aliphatic carboxylic acids is 1. The fourth-order valence-electron chi connectivity index (χ4n) is 6.09. The summed E-state index contributed by atoms with van der Waals surface area (Å²) in [7, 11) is -4.65. The quantitative estimate of drug-likeness (QED) is 0.279. The predicted octanol–water partition coefficient (Wildman–Crippen LogP) is 4.97. The standard InChI is InChI=1S/C29H32ClFN2O8S/c1-2-41-26(34)22-11-6-7-12-25(22)42(39,40)32(24-14-13-21(31)17-23(24)30)19-33(28(37)38)16-8-15-29(33,27(35)36)18-20-9-4-3-5-10-20/h3-5,9-11,13-14,17,25H,2,6-8,12,15-16,18-19H2,1H3,(H-,35,36,37,38)/p+1/t25?,29-,33?/m1/s1. The average Bonchev–Trinajstić information content (AvgIpc) is 3.33. The Kier molecular flexibility index (Phi) is 9.29. The van der Waals surface area contributed by atoms with Crippen LogP contribution in [0, 0.1) is 5.82 Å². The lowest BCUT2D eigenvalue weighted by molar-refractivity contribution is -0.885. The van der Waals surface area contributed by atoms with Crippen LogP contribution in [-0.4, -0.2) is 71.8 Å². The molecule has 1 aliphatic heterocycles.